The maximum atomic E-state index is 13.0. The number of thioether (sulfide) groups is 1. The first-order valence-electron chi connectivity index (χ1n) is 13.6. The van der Waals surface area contributed by atoms with Crippen LogP contribution in [0.15, 0.2) is 59.8 Å². The van der Waals surface area contributed by atoms with E-state index in [2.05, 4.69) is 20.9 Å². The van der Waals surface area contributed by atoms with Crippen LogP contribution in [-0.4, -0.2) is 90.7 Å². The highest BCUT2D eigenvalue weighted by molar-refractivity contribution is 7.98. The summed E-state index contributed by atoms with van der Waals surface area (Å²) in [5.41, 5.74) is 2.80. The van der Waals surface area contributed by atoms with E-state index in [9.17, 15) is 9.59 Å². The van der Waals surface area contributed by atoms with E-state index < -0.39 is 0 Å². The monoisotopic (exact) mass is 614 g/mol. The number of benzene rings is 2. The highest BCUT2D eigenvalue weighted by atomic mass is 35.5. The molecule has 0 radical (unpaired) electrons. The standard InChI is InChI=1S/C29H32Cl2N6O3S/c1-2-40-29(39)37-16-14-36(15-17-37)27(38)22-8-6-21(7-9-22)20-41-28-32-25(31)19-26(33-28)35-12-10-34(11-13-35)24-5-3-4-23(30)18-24/h3-9,18-19H,2,10-17,20H2,1H3. The van der Waals surface area contributed by atoms with Gasteiger partial charge in [0, 0.05) is 80.5 Å². The van der Waals surface area contributed by atoms with Gasteiger partial charge in [0.15, 0.2) is 5.16 Å². The first-order valence-corrected chi connectivity index (χ1v) is 15.4. The van der Waals surface area contributed by atoms with E-state index >= 15 is 0 Å². The summed E-state index contributed by atoms with van der Waals surface area (Å²) in [5.74, 6) is 1.43. The van der Waals surface area contributed by atoms with Crippen LogP contribution in [0.5, 0.6) is 0 Å². The lowest BCUT2D eigenvalue weighted by Gasteiger charge is -2.36. The van der Waals surface area contributed by atoms with Crippen molar-refractivity contribution in [3.05, 3.63) is 75.9 Å². The molecule has 41 heavy (non-hydrogen) atoms. The Kier molecular flexibility index (Phi) is 9.74. The van der Waals surface area contributed by atoms with Gasteiger partial charge >= 0.3 is 6.09 Å². The number of anilines is 2. The topological polar surface area (TPSA) is 82.1 Å². The number of ether oxygens (including phenoxy) is 1. The molecular formula is C29H32Cl2N6O3S. The van der Waals surface area contributed by atoms with Crippen LogP contribution in [0.4, 0.5) is 16.3 Å². The zero-order valence-corrected chi connectivity index (χ0v) is 25.2. The molecule has 1 aromatic heterocycles. The average Bonchev–Trinajstić information content (AvgIpc) is 3.00. The molecule has 2 aliphatic rings. The molecule has 2 fully saturated rings. The van der Waals surface area contributed by atoms with E-state index in [0.717, 1.165) is 48.3 Å². The van der Waals surface area contributed by atoms with Crippen LogP contribution in [-0.2, 0) is 10.5 Å². The van der Waals surface area contributed by atoms with Crippen molar-refractivity contribution < 1.29 is 14.3 Å². The molecule has 9 nitrogen and oxygen atoms in total. The first kappa shape index (κ1) is 29.3. The van der Waals surface area contributed by atoms with Crippen molar-refractivity contribution in [1.29, 1.82) is 0 Å². The highest BCUT2D eigenvalue weighted by Gasteiger charge is 2.25. The number of carbonyl (C=O) groups excluding carboxylic acids is 2. The Hall–Kier alpha value is -3.21. The Morgan fingerprint density at radius 3 is 2.22 bits per heavy atom. The third-order valence-corrected chi connectivity index (χ3v) is 8.45. The molecule has 0 N–H and O–H groups in total. The van der Waals surface area contributed by atoms with Gasteiger partial charge in [-0.05, 0) is 42.8 Å². The Balaban J connectivity index is 1.13. The largest absolute Gasteiger partial charge is 0.450 e. The van der Waals surface area contributed by atoms with E-state index in [1.165, 1.54) is 11.8 Å². The highest BCUT2D eigenvalue weighted by Crippen LogP contribution is 2.27. The summed E-state index contributed by atoms with van der Waals surface area (Å²) in [4.78, 5) is 42.0. The molecule has 3 heterocycles. The Labute approximate surface area is 254 Å². The number of hydrogen-bond donors (Lipinski definition) is 0. The zero-order chi connectivity index (χ0) is 28.8. The van der Waals surface area contributed by atoms with Gasteiger partial charge in [-0.15, -0.1) is 0 Å². The van der Waals surface area contributed by atoms with Crippen molar-refractivity contribution in [2.24, 2.45) is 0 Å². The number of piperazine rings is 2. The van der Waals surface area contributed by atoms with Gasteiger partial charge in [0.2, 0.25) is 0 Å². The van der Waals surface area contributed by atoms with Gasteiger partial charge in [-0.1, -0.05) is 53.2 Å². The van der Waals surface area contributed by atoms with E-state index in [4.69, 9.17) is 32.9 Å². The van der Waals surface area contributed by atoms with Crippen LogP contribution in [0.3, 0.4) is 0 Å². The van der Waals surface area contributed by atoms with Crippen LogP contribution in [0, 0.1) is 0 Å². The molecule has 12 heteroatoms. The molecule has 3 aromatic rings. The smallest absolute Gasteiger partial charge is 0.409 e. The van der Waals surface area contributed by atoms with Crippen LogP contribution in [0.1, 0.15) is 22.8 Å². The van der Waals surface area contributed by atoms with Crippen molar-refractivity contribution in [1.82, 2.24) is 19.8 Å². The van der Waals surface area contributed by atoms with Crippen LogP contribution >= 0.6 is 35.0 Å². The fourth-order valence-corrected chi connectivity index (χ4v) is 6.08. The molecular weight excluding hydrogens is 583 g/mol. The van der Waals surface area contributed by atoms with Crippen molar-refractivity contribution in [2.75, 3.05) is 68.8 Å². The van der Waals surface area contributed by atoms with Gasteiger partial charge in [-0.3, -0.25) is 4.79 Å². The Bertz CT molecular complexity index is 1360. The van der Waals surface area contributed by atoms with Crippen molar-refractivity contribution in [3.63, 3.8) is 0 Å². The lowest BCUT2D eigenvalue weighted by Crippen LogP contribution is -2.50. The summed E-state index contributed by atoms with van der Waals surface area (Å²) < 4.78 is 5.05. The summed E-state index contributed by atoms with van der Waals surface area (Å²) in [6, 6.07) is 17.3. The number of rotatable bonds is 7. The molecule has 2 saturated heterocycles. The summed E-state index contributed by atoms with van der Waals surface area (Å²) in [7, 11) is 0. The quantitative estimate of drug-likeness (QED) is 0.201. The molecule has 216 valence electrons. The van der Waals surface area contributed by atoms with E-state index in [0.29, 0.717) is 54.4 Å². The summed E-state index contributed by atoms with van der Waals surface area (Å²) in [6.45, 7) is 7.39. The van der Waals surface area contributed by atoms with Gasteiger partial charge in [-0.25, -0.2) is 14.8 Å². The van der Waals surface area contributed by atoms with Crippen molar-refractivity contribution in [2.45, 2.75) is 17.8 Å². The maximum Gasteiger partial charge on any atom is 0.409 e. The molecule has 5 rings (SSSR count). The van der Waals surface area contributed by atoms with Crippen molar-refractivity contribution in [3.8, 4) is 0 Å². The van der Waals surface area contributed by atoms with Crippen molar-refractivity contribution >= 4 is 58.5 Å². The second-order valence-electron chi connectivity index (χ2n) is 9.75. The summed E-state index contributed by atoms with van der Waals surface area (Å²) in [6.07, 6.45) is -0.325. The zero-order valence-electron chi connectivity index (χ0n) is 22.8. The lowest BCUT2D eigenvalue weighted by molar-refractivity contribution is 0.0570. The van der Waals surface area contributed by atoms with Gasteiger partial charge in [0.25, 0.3) is 5.91 Å². The van der Waals surface area contributed by atoms with Gasteiger partial charge < -0.3 is 24.3 Å². The molecule has 0 atom stereocenters. The second-order valence-corrected chi connectivity index (χ2v) is 11.5. The number of amides is 2. The number of halogens is 2. The number of hydrogen-bond acceptors (Lipinski definition) is 8. The lowest BCUT2D eigenvalue weighted by atomic mass is 10.1. The first-order chi connectivity index (χ1) is 19.9. The van der Waals surface area contributed by atoms with Gasteiger partial charge in [-0.2, -0.15) is 0 Å². The van der Waals surface area contributed by atoms with E-state index in [1.54, 1.807) is 16.7 Å². The maximum absolute atomic E-state index is 13.0. The van der Waals surface area contributed by atoms with Gasteiger partial charge in [0.05, 0.1) is 6.61 Å². The molecule has 0 bridgehead atoms. The molecule has 0 spiro atoms. The molecule has 2 aromatic carbocycles. The van der Waals surface area contributed by atoms with Crippen LogP contribution in [0.25, 0.3) is 0 Å². The van der Waals surface area contributed by atoms with E-state index in [1.807, 2.05) is 48.5 Å². The average molecular weight is 616 g/mol. The van der Waals surface area contributed by atoms with Crippen LogP contribution in [0.2, 0.25) is 10.2 Å². The van der Waals surface area contributed by atoms with E-state index in [-0.39, 0.29) is 12.0 Å². The minimum atomic E-state index is -0.325. The summed E-state index contributed by atoms with van der Waals surface area (Å²) in [5, 5.41) is 1.77. The number of aromatic nitrogens is 2. The molecule has 2 amide bonds. The predicted molar refractivity (Wildman–Crippen MR) is 163 cm³/mol. The normalized spacial score (nSPS) is 15.7. The number of carbonyl (C=O) groups is 2. The number of nitrogens with zero attached hydrogens (tertiary/aromatic N) is 6. The predicted octanol–water partition coefficient (Wildman–Crippen LogP) is 5.32. The fourth-order valence-electron chi connectivity index (χ4n) is 4.86. The SMILES string of the molecule is CCOC(=O)N1CCN(C(=O)c2ccc(CSc3nc(Cl)cc(N4CCN(c5cccc(Cl)c5)CC4)n3)cc2)CC1. The Morgan fingerprint density at radius 2 is 1.54 bits per heavy atom. The molecule has 2 aliphatic heterocycles. The van der Waals surface area contributed by atoms with Crippen LogP contribution < -0.4 is 9.80 Å². The fraction of sp³-hybridized carbons (Fsp3) is 0.379. The van der Waals surface area contributed by atoms with Gasteiger partial charge in [0.1, 0.15) is 11.0 Å². The third kappa shape index (κ3) is 7.55. The molecule has 0 aliphatic carbocycles. The second kappa shape index (κ2) is 13.6. The summed E-state index contributed by atoms with van der Waals surface area (Å²) >= 11 is 14.1. The molecule has 0 saturated carbocycles. The third-order valence-electron chi connectivity index (χ3n) is 7.10. The minimum Gasteiger partial charge on any atom is -0.450 e. The minimum absolute atomic E-state index is 0.0361. The molecule has 0 unspecified atom stereocenters. The Morgan fingerprint density at radius 1 is 0.854 bits per heavy atom.